The van der Waals surface area contributed by atoms with Crippen LogP contribution in [0, 0.1) is 0 Å². The van der Waals surface area contributed by atoms with Crippen LogP contribution in [0.1, 0.15) is 31.1 Å². The molecule has 0 saturated carbocycles. The zero-order valence-corrected chi connectivity index (χ0v) is 8.18. The maximum Gasteiger partial charge on any atom is 0.0794 e. The summed E-state index contributed by atoms with van der Waals surface area (Å²) in [5, 5.41) is 9.27. The van der Waals surface area contributed by atoms with E-state index in [0.29, 0.717) is 0 Å². The number of thiazole rings is 1. The number of hydrogen-bond donors (Lipinski definition) is 1. The monoisotopic (exact) mass is 185 g/mol. The van der Waals surface area contributed by atoms with Crippen LogP contribution in [0.4, 0.5) is 0 Å². The zero-order chi connectivity index (χ0) is 8.81. The van der Waals surface area contributed by atoms with Gasteiger partial charge in [0, 0.05) is 11.1 Å². The Morgan fingerprint density at radius 1 is 1.67 bits per heavy atom. The lowest BCUT2D eigenvalue weighted by molar-refractivity contribution is 0.158. The molecular weight excluding hydrogens is 170 g/mol. The Labute approximate surface area is 77.3 Å². The molecule has 0 radical (unpaired) electrons. The van der Waals surface area contributed by atoms with Crippen LogP contribution in [0.25, 0.3) is 0 Å². The van der Waals surface area contributed by atoms with E-state index in [2.05, 4.69) is 4.98 Å². The summed E-state index contributed by atoms with van der Waals surface area (Å²) in [5.74, 6) is 0. The maximum atomic E-state index is 9.27. The first-order chi connectivity index (χ1) is 5.83. The second kappa shape index (κ2) is 5.27. The van der Waals surface area contributed by atoms with Gasteiger partial charge in [-0.3, -0.25) is 4.98 Å². The minimum atomic E-state index is -0.113. The van der Waals surface area contributed by atoms with Crippen LogP contribution in [0.5, 0.6) is 0 Å². The van der Waals surface area contributed by atoms with Gasteiger partial charge in [0.15, 0.2) is 0 Å². The molecule has 2 nitrogen and oxygen atoms in total. The van der Waals surface area contributed by atoms with E-state index in [1.54, 1.807) is 11.3 Å². The molecule has 1 aromatic rings. The number of hydrogen-bond acceptors (Lipinski definition) is 3. The normalized spacial score (nSPS) is 13.2. The van der Waals surface area contributed by atoms with Gasteiger partial charge in [-0.2, -0.15) is 0 Å². The molecule has 1 N–H and O–H groups in total. The molecule has 0 aliphatic heterocycles. The summed E-state index contributed by atoms with van der Waals surface area (Å²) < 4.78 is 0. The van der Waals surface area contributed by atoms with Gasteiger partial charge in [-0.05, 0) is 25.7 Å². The Bertz CT molecular complexity index is 198. The Hall–Kier alpha value is -0.410. The molecule has 1 atom stereocenters. The summed E-state index contributed by atoms with van der Waals surface area (Å²) in [4.78, 5) is 5.31. The number of rotatable bonds is 5. The fourth-order valence-corrected chi connectivity index (χ4v) is 1.72. The lowest BCUT2D eigenvalue weighted by atomic mass is 10.1. The van der Waals surface area contributed by atoms with Gasteiger partial charge in [-0.15, -0.1) is 11.3 Å². The highest BCUT2D eigenvalue weighted by molar-refractivity contribution is 7.09. The third-order valence-corrected chi connectivity index (χ3v) is 2.75. The highest BCUT2D eigenvalue weighted by Gasteiger charge is 2.00. The molecule has 1 unspecified atom stereocenters. The molecule has 0 saturated heterocycles. The fraction of sp³-hybridized carbons (Fsp3) is 0.667. The number of aliphatic hydroxyl groups is 1. The second-order valence-corrected chi connectivity index (χ2v) is 3.89. The van der Waals surface area contributed by atoms with E-state index in [1.165, 1.54) is 4.88 Å². The van der Waals surface area contributed by atoms with E-state index in [0.717, 1.165) is 25.7 Å². The van der Waals surface area contributed by atoms with Gasteiger partial charge in [0.05, 0.1) is 11.6 Å². The van der Waals surface area contributed by atoms with Gasteiger partial charge >= 0.3 is 0 Å². The van der Waals surface area contributed by atoms with Crippen molar-refractivity contribution in [1.82, 2.24) is 4.98 Å². The van der Waals surface area contributed by atoms with Crippen molar-refractivity contribution in [1.29, 1.82) is 0 Å². The quantitative estimate of drug-likeness (QED) is 0.763. The van der Waals surface area contributed by atoms with Gasteiger partial charge in [-0.25, -0.2) is 0 Å². The molecule has 0 bridgehead atoms. The number of aromatic nitrogens is 1. The van der Waals surface area contributed by atoms with E-state index in [-0.39, 0.29) is 6.10 Å². The molecular formula is C9H15NOS. The molecule has 0 aliphatic rings. The third kappa shape index (κ3) is 3.32. The lowest BCUT2D eigenvalue weighted by Crippen LogP contribution is -2.03. The van der Waals surface area contributed by atoms with Crippen LogP contribution >= 0.6 is 11.3 Å². The Balaban J connectivity index is 2.11. The van der Waals surface area contributed by atoms with Gasteiger partial charge in [0.1, 0.15) is 0 Å². The molecule has 3 heteroatoms. The molecule has 0 amide bonds. The average Bonchev–Trinajstić information content (AvgIpc) is 2.57. The summed E-state index contributed by atoms with van der Waals surface area (Å²) >= 11 is 1.69. The highest BCUT2D eigenvalue weighted by Crippen LogP contribution is 2.11. The molecule has 0 spiro atoms. The van der Waals surface area contributed by atoms with Gasteiger partial charge in [-0.1, -0.05) is 6.92 Å². The van der Waals surface area contributed by atoms with Crippen molar-refractivity contribution in [2.75, 3.05) is 0 Å². The lowest BCUT2D eigenvalue weighted by Gasteiger charge is -2.05. The van der Waals surface area contributed by atoms with Crippen LogP contribution in [0.3, 0.4) is 0 Å². The summed E-state index contributed by atoms with van der Waals surface area (Å²) in [5.41, 5.74) is 1.85. The largest absolute Gasteiger partial charge is 0.393 e. The first kappa shape index (κ1) is 9.68. The smallest absolute Gasteiger partial charge is 0.0794 e. The van der Waals surface area contributed by atoms with Crippen LogP contribution in [0.15, 0.2) is 11.7 Å². The Morgan fingerprint density at radius 2 is 2.50 bits per heavy atom. The highest BCUT2D eigenvalue weighted by atomic mass is 32.1. The number of aliphatic hydroxyl groups excluding tert-OH is 1. The Kier molecular flexibility index (Phi) is 4.25. The summed E-state index contributed by atoms with van der Waals surface area (Å²) in [6.45, 7) is 2.01. The van der Waals surface area contributed by atoms with E-state index in [1.807, 2.05) is 18.6 Å². The molecule has 1 heterocycles. The van der Waals surface area contributed by atoms with Crippen molar-refractivity contribution in [2.45, 2.75) is 38.7 Å². The molecule has 1 aromatic heterocycles. The molecule has 0 aromatic carbocycles. The van der Waals surface area contributed by atoms with Crippen molar-refractivity contribution in [3.05, 3.63) is 16.6 Å². The van der Waals surface area contributed by atoms with E-state index in [4.69, 9.17) is 0 Å². The predicted molar refractivity (Wildman–Crippen MR) is 51.3 cm³/mol. The van der Waals surface area contributed by atoms with Crippen LogP contribution in [0.2, 0.25) is 0 Å². The zero-order valence-electron chi connectivity index (χ0n) is 7.36. The van der Waals surface area contributed by atoms with Crippen LogP contribution < -0.4 is 0 Å². The summed E-state index contributed by atoms with van der Waals surface area (Å²) in [6, 6.07) is 0. The Morgan fingerprint density at radius 3 is 3.08 bits per heavy atom. The van der Waals surface area contributed by atoms with E-state index in [9.17, 15) is 5.11 Å². The first-order valence-electron chi connectivity index (χ1n) is 4.38. The fourth-order valence-electron chi connectivity index (χ4n) is 1.08. The topological polar surface area (TPSA) is 33.1 Å². The van der Waals surface area contributed by atoms with E-state index < -0.39 is 0 Å². The first-order valence-corrected chi connectivity index (χ1v) is 5.26. The SMILES string of the molecule is CCC(O)CCCc1cncs1. The minimum Gasteiger partial charge on any atom is -0.393 e. The van der Waals surface area contributed by atoms with Crippen molar-refractivity contribution in [2.24, 2.45) is 0 Å². The predicted octanol–water partition coefficient (Wildman–Crippen LogP) is 2.24. The van der Waals surface area contributed by atoms with E-state index >= 15 is 0 Å². The second-order valence-electron chi connectivity index (χ2n) is 2.92. The van der Waals surface area contributed by atoms with Crippen LogP contribution in [-0.2, 0) is 6.42 Å². The summed E-state index contributed by atoms with van der Waals surface area (Å²) in [7, 11) is 0. The molecule has 12 heavy (non-hydrogen) atoms. The molecule has 68 valence electrons. The van der Waals surface area contributed by atoms with Crippen molar-refractivity contribution >= 4 is 11.3 Å². The maximum absolute atomic E-state index is 9.27. The van der Waals surface area contributed by atoms with Crippen molar-refractivity contribution < 1.29 is 5.11 Å². The van der Waals surface area contributed by atoms with Crippen molar-refractivity contribution in [3.63, 3.8) is 0 Å². The molecule has 0 fully saturated rings. The standard InChI is InChI=1S/C9H15NOS/c1-2-8(11)4-3-5-9-6-10-7-12-9/h6-8,11H,2-5H2,1H3. The molecule has 1 rings (SSSR count). The number of aryl methyl sites for hydroxylation is 1. The average molecular weight is 185 g/mol. The minimum absolute atomic E-state index is 0.113. The van der Waals surface area contributed by atoms with Gasteiger partial charge in [0.25, 0.3) is 0 Å². The van der Waals surface area contributed by atoms with Crippen molar-refractivity contribution in [3.8, 4) is 0 Å². The summed E-state index contributed by atoms with van der Waals surface area (Å²) in [6.07, 6.45) is 5.69. The van der Waals surface area contributed by atoms with Gasteiger partial charge in [0.2, 0.25) is 0 Å². The third-order valence-electron chi connectivity index (χ3n) is 1.92. The molecule has 0 aliphatic carbocycles. The van der Waals surface area contributed by atoms with Gasteiger partial charge < -0.3 is 5.11 Å². The number of nitrogens with zero attached hydrogens (tertiary/aromatic N) is 1. The van der Waals surface area contributed by atoms with Crippen LogP contribution in [-0.4, -0.2) is 16.2 Å².